The van der Waals surface area contributed by atoms with Crippen LogP contribution in [0, 0.1) is 5.92 Å². The summed E-state index contributed by atoms with van der Waals surface area (Å²) in [6.07, 6.45) is 0. The van der Waals surface area contributed by atoms with Gasteiger partial charge in [0.2, 0.25) is 0 Å². The van der Waals surface area contributed by atoms with Gasteiger partial charge in [0, 0.05) is 42.1 Å². The van der Waals surface area contributed by atoms with E-state index in [1.54, 1.807) is 11.3 Å². The van der Waals surface area contributed by atoms with E-state index in [-0.39, 0.29) is 0 Å². The molecule has 1 N–H and O–H groups in total. The topological polar surface area (TPSA) is 28.2 Å². The van der Waals surface area contributed by atoms with E-state index >= 15 is 0 Å². The van der Waals surface area contributed by atoms with Gasteiger partial charge >= 0.3 is 0 Å². The molecule has 1 aromatic heterocycles. The number of nitrogens with one attached hydrogen (secondary N) is 1. The zero-order valence-corrected chi connectivity index (χ0v) is 14.7. The maximum atomic E-state index is 4.76. The SMILES string of the molecule is CC(C)CNCc1nc(CN2CC(C)SC(C)C2)cs1. The van der Waals surface area contributed by atoms with Crippen LogP contribution in [0.3, 0.4) is 0 Å². The number of thioether (sulfide) groups is 1. The van der Waals surface area contributed by atoms with Gasteiger partial charge in [-0.05, 0) is 12.5 Å². The lowest BCUT2D eigenvalue weighted by Gasteiger charge is -2.34. The lowest BCUT2D eigenvalue weighted by molar-refractivity contribution is 0.260. The average molecular weight is 314 g/mol. The van der Waals surface area contributed by atoms with E-state index in [1.807, 2.05) is 0 Å². The standard InChI is InChI=1S/C15H27N3S2/c1-11(2)5-16-6-15-17-14(10-19-15)9-18-7-12(3)20-13(4)8-18/h10-13,16H,5-9H2,1-4H3. The Labute approximate surface area is 131 Å². The quantitative estimate of drug-likeness (QED) is 0.873. The summed E-state index contributed by atoms with van der Waals surface area (Å²) in [5.74, 6) is 0.697. The summed E-state index contributed by atoms with van der Waals surface area (Å²) in [6.45, 7) is 14.5. The van der Waals surface area contributed by atoms with Gasteiger partial charge in [-0.25, -0.2) is 4.98 Å². The smallest absolute Gasteiger partial charge is 0.107 e. The Morgan fingerprint density at radius 3 is 2.70 bits per heavy atom. The van der Waals surface area contributed by atoms with Crippen molar-refractivity contribution in [3.8, 4) is 0 Å². The fraction of sp³-hybridized carbons (Fsp3) is 0.800. The molecule has 1 fully saturated rings. The highest BCUT2D eigenvalue weighted by Gasteiger charge is 2.22. The molecule has 2 atom stereocenters. The summed E-state index contributed by atoms with van der Waals surface area (Å²) >= 11 is 3.89. The van der Waals surface area contributed by atoms with Crippen molar-refractivity contribution in [3.63, 3.8) is 0 Å². The lowest BCUT2D eigenvalue weighted by atomic mass is 10.2. The van der Waals surface area contributed by atoms with Gasteiger partial charge < -0.3 is 5.32 Å². The normalized spacial score (nSPS) is 24.4. The number of nitrogens with zero attached hydrogens (tertiary/aromatic N) is 2. The van der Waals surface area contributed by atoms with Crippen LogP contribution in [0.5, 0.6) is 0 Å². The Kier molecular flexibility index (Phi) is 6.33. The van der Waals surface area contributed by atoms with Crippen LogP contribution in [0.1, 0.15) is 38.4 Å². The van der Waals surface area contributed by atoms with Crippen LogP contribution >= 0.6 is 23.1 Å². The number of hydrogen-bond donors (Lipinski definition) is 1. The Bertz CT molecular complexity index is 396. The third-order valence-corrected chi connectivity index (χ3v) is 5.43. The van der Waals surface area contributed by atoms with Crippen molar-refractivity contribution in [2.75, 3.05) is 19.6 Å². The minimum Gasteiger partial charge on any atom is -0.310 e. The molecule has 5 heteroatoms. The average Bonchev–Trinajstić information content (AvgIpc) is 2.74. The maximum absolute atomic E-state index is 4.76. The zero-order chi connectivity index (χ0) is 14.5. The first-order valence-electron chi connectivity index (χ1n) is 7.54. The van der Waals surface area contributed by atoms with E-state index < -0.39 is 0 Å². The number of thiazole rings is 1. The molecule has 0 aromatic carbocycles. The molecule has 0 aliphatic carbocycles. The van der Waals surface area contributed by atoms with Crippen molar-refractivity contribution < 1.29 is 0 Å². The Morgan fingerprint density at radius 1 is 1.35 bits per heavy atom. The number of rotatable bonds is 6. The second-order valence-corrected chi connectivity index (χ2v) is 9.03. The molecule has 0 radical (unpaired) electrons. The number of hydrogen-bond acceptors (Lipinski definition) is 5. The highest BCUT2D eigenvalue weighted by molar-refractivity contribution is 8.00. The van der Waals surface area contributed by atoms with Crippen molar-refractivity contribution in [3.05, 3.63) is 16.1 Å². The summed E-state index contributed by atoms with van der Waals surface area (Å²) in [7, 11) is 0. The van der Waals surface area contributed by atoms with E-state index in [4.69, 9.17) is 4.98 Å². The minimum absolute atomic E-state index is 0.697. The summed E-state index contributed by atoms with van der Waals surface area (Å²) < 4.78 is 0. The number of aromatic nitrogens is 1. The summed E-state index contributed by atoms with van der Waals surface area (Å²) in [5, 5.41) is 8.39. The lowest BCUT2D eigenvalue weighted by Crippen LogP contribution is -2.39. The van der Waals surface area contributed by atoms with Crippen LogP contribution in [0.15, 0.2) is 5.38 Å². The zero-order valence-electron chi connectivity index (χ0n) is 13.1. The van der Waals surface area contributed by atoms with E-state index in [1.165, 1.54) is 23.8 Å². The molecule has 1 aromatic rings. The predicted octanol–water partition coefficient (Wildman–Crippen LogP) is 3.21. The second-order valence-electron chi connectivity index (χ2n) is 6.21. The van der Waals surface area contributed by atoms with E-state index in [9.17, 15) is 0 Å². The second kappa shape index (κ2) is 7.78. The first kappa shape index (κ1) is 16.3. The van der Waals surface area contributed by atoms with Crippen LogP contribution in [0.2, 0.25) is 0 Å². The summed E-state index contributed by atoms with van der Waals surface area (Å²) in [4.78, 5) is 7.31. The highest BCUT2D eigenvalue weighted by atomic mass is 32.2. The molecule has 1 aliphatic heterocycles. The van der Waals surface area contributed by atoms with Gasteiger partial charge in [-0.3, -0.25) is 4.90 Å². The Morgan fingerprint density at radius 2 is 2.05 bits per heavy atom. The van der Waals surface area contributed by atoms with Crippen LogP contribution in [-0.2, 0) is 13.1 Å². The molecule has 0 bridgehead atoms. The molecule has 0 amide bonds. The fourth-order valence-corrected chi connectivity index (χ4v) is 4.75. The van der Waals surface area contributed by atoms with Gasteiger partial charge in [-0.15, -0.1) is 11.3 Å². The van der Waals surface area contributed by atoms with Crippen molar-refractivity contribution >= 4 is 23.1 Å². The van der Waals surface area contributed by atoms with Crippen LogP contribution < -0.4 is 5.32 Å². The molecule has 20 heavy (non-hydrogen) atoms. The van der Waals surface area contributed by atoms with Crippen molar-refractivity contribution in [1.82, 2.24) is 15.2 Å². The Balaban J connectivity index is 1.80. The molecular weight excluding hydrogens is 286 g/mol. The molecule has 2 rings (SSSR count). The van der Waals surface area contributed by atoms with Gasteiger partial charge in [0.05, 0.1) is 5.69 Å². The van der Waals surface area contributed by atoms with Crippen LogP contribution in [0.4, 0.5) is 0 Å². The monoisotopic (exact) mass is 313 g/mol. The van der Waals surface area contributed by atoms with Crippen molar-refractivity contribution in [1.29, 1.82) is 0 Å². The van der Waals surface area contributed by atoms with Gasteiger partial charge in [0.1, 0.15) is 5.01 Å². The molecule has 2 heterocycles. The summed E-state index contributed by atoms with van der Waals surface area (Å²) in [5.41, 5.74) is 1.24. The van der Waals surface area contributed by atoms with Gasteiger partial charge in [-0.1, -0.05) is 27.7 Å². The molecule has 1 saturated heterocycles. The predicted molar refractivity (Wildman–Crippen MR) is 90.5 cm³/mol. The minimum atomic E-state index is 0.697. The molecule has 2 unspecified atom stereocenters. The van der Waals surface area contributed by atoms with E-state index in [0.717, 1.165) is 30.1 Å². The van der Waals surface area contributed by atoms with Crippen molar-refractivity contribution in [2.24, 2.45) is 5.92 Å². The van der Waals surface area contributed by atoms with Gasteiger partial charge in [0.25, 0.3) is 0 Å². The van der Waals surface area contributed by atoms with E-state index in [0.29, 0.717) is 5.92 Å². The van der Waals surface area contributed by atoms with Crippen LogP contribution in [0.25, 0.3) is 0 Å². The Hall–Kier alpha value is -0.100. The largest absolute Gasteiger partial charge is 0.310 e. The van der Waals surface area contributed by atoms with Crippen molar-refractivity contribution in [2.45, 2.75) is 51.3 Å². The molecule has 114 valence electrons. The van der Waals surface area contributed by atoms with Crippen LogP contribution in [-0.4, -0.2) is 40.0 Å². The van der Waals surface area contributed by atoms with Gasteiger partial charge in [0.15, 0.2) is 0 Å². The summed E-state index contributed by atoms with van der Waals surface area (Å²) in [6, 6.07) is 0. The van der Waals surface area contributed by atoms with Gasteiger partial charge in [-0.2, -0.15) is 11.8 Å². The molecule has 0 spiro atoms. The third-order valence-electron chi connectivity index (χ3n) is 3.31. The first-order chi connectivity index (χ1) is 9.52. The fourth-order valence-electron chi connectivity index (χ4n) is 2.61. The van der Waals surface area contributed by atoms with E-state index in [2.05, 4.69) is 55.1 Å². The maximum Gasteiger partial charge on any atom is 0.107 e. The molecule has 0 saturated carbocycles. The molecule has 3 nitrogen and oxygen atoms in total. The third kappa shape index (κ3) is 5.35. The first-order valence-corrected chi connectivity index (χ1v) is 9.37. The molecule has 1 aliphatic rings. The molecular formula is C15H27N3S2. The highest BCUT2D eigenvalue weighted by Crippen LogP contribution is 2.25.